The number of nitrogens with one attached hydrogen (secondary N) is 2. The van der Waals surface area contributed by atoms with Gasteiger partial charge in [-0.05, 0) is 24.3 Å². The maximum Gasteiger partial charge on any atom is 0.405 e. The fourth-order valence-corrected chi connectivity index (χ4v) is 2.71. The summed E-state index contributed by atoms with van der Waals surface area (Å²) in [5.41, 5.74) is 0.217. The lowest BCUT2D eigenvalue weighted by atomic mass is 10.1. The molecular formula is C21H17F4N3O3. The summed E-state index contributed by atoms with van der Waals surface area (Å²) < 4.78 is 56.2. The van der Waals surface area contributed by atoms with Crippen molar-refractivity contribution >= 4 is 17.5 Å². The minimum Gasteiger partial charge on any atom is -0.441 e. The van der Waals surface area contributed by atoms with E-state index >= 15 is 0 Å². The molecule has 0 radical (unpaired) electrons. The van der Waals surface area contributed by atoms with Gasteiger partial charge >= 0.3 is 6.18 Å². The molecule has 10 heteroatoms. The monoisotopic (exact) mass is 435 g/mol. The molecule has 2 aromatic carbocycles. The van der Waals surface area contributed by atoms with Crippen LogP contribution in [0.1, 0.15) is 22.7 Å². The topological polar surface area (TPSA) is 84.2 Å². The Bertz CT molecular complexity index is 1080. The summed E-state index contributed by atoms with van der Waals surface area (Å²) in [6.07, 6.45) is -3.17. The van der Waals surface area contributed by atoms with Crippen LogP contribution in [-0.2, 0) is 11.2 Å². The molecular weight excluding hydrogens is 418 g/mol. The van der Waals surface area contributed by atoms with Crippen molar-refractivity contribution in [2.75, 3.05) is 11.9 Å². The number of oxazole rings is 1. The number of rotatable bonds is 7. The largest absolute Gasteiger partial charge is 0.441 e. The van der Waals surface area contributed by atoms with Crippen molar-refractivity contribution in [1.29, 1.82) is 0 Å². The number of nitrogens with zero attached hydrogens (tertiary/aromatic N) is 1. The Morgan fingerprint density at radius 2 is 1.74 bits per heavy atom. The molecule has 0 aliphatic heterocycles. The van der Waals surface area contributed by atoms with Crippen molar-refractivity contribution in [3.8, 4) is 11.3 Å². The predicted octanol–water partition coefficient (Wildman–Crippen LogP) is 4.34. The van der Waals surface area contributed by atoms with Crippen LogP contribution in [-0.4, -0.2) is 29.5 Å². The van der Waals surface area contributed by atoms with Gasteiger partial charge in [0.2, 0.25) is 5.91 Å². The fourth-order valence-electron chi connectivity index (χ4n) is 2.71. The van der Waals surface area contributed by atoms with Crippen LogP contribution >= 0.6 is 0 Å². The summed E-state index contributed by atoms with van der Waals surface area (Å²) in [6.45, 7) is -1.48. The van der Waals surface area contributed by atoms with Gasteiger partial charge in [-0.3, -0.25) is 9.59 Å². The van der Waals surface area contributed by atoms with Crippen molar-refractivity contribution < 1.29 is 31.6 Å². The van der Waals surface area contributed by atoms with Gasteiger partial charge < -0.3 is 15.1 Å². The molecule has 0 aliphatic carbocycles. The third-order valence-corrected chi connectivity index (χ3v) is 4.15. The number of carbonyl (C=O) groups is 2. The molecule has 1 aromatic heterocycles. The van der Waals surface area contributed by atoms with Gasteiger partial charge in [-0.1, -0.05) is 24.3 Å². The summed E-state index contributed by atoms with van der Waals surface area (Å²) >= 11 is 0. The van der Waals surface area contributed by atoms with Crippen LogP contribution in [0.3, 0.4) is 0 Å². The molecule has 6 nitrogen and oxygen atoms in total. The number of aryl methyl sites for hydroxylation is 1. The van der Waals surface area contributed by atoms with Crippen molar-refractivity contribution in [3.63, 3.8) is 0 Å². The third-order valence-electron chi connectivity index (χ3n) is 4.15. The lowest BCUT2D eigenvalue weighted by molar-refractivity contribution is -0.123. The van der Waals surface area contributed by atoms with E-state index in [0.29, 0.717) is 0 Å². The second kappa shape index (κ2) is 9.41. The van der Waals surface area contributed by atoms with E-state index in [1.165, 1.54) is 42.6 Å². The second-order valence-corrected chi connectivity index (χ2v) is 6.49. The van der Waals surface area contributed by atoms with E-state index in [9.17, 15) is 27.2 Å². The molecule has 162 valence electrons. The first-order valence-corrected chi connectivity index (χ1v) is 9.16. The van der Waals surface area contributed by atoms with Crippen LogP contribution in [0.2, 0.25) is 0 Å². The number of hydrogen-bond acceptors (Lipinski definition) is 4. The van der Waals surface area contributed by atoms with Crippen LogP contribution < -0.4 is 10.6 Å². The van der Waals surface area contributed by atoms with Crippen molar-refractivity contribution in [1.82, 2.24) is 10.3 Å². The third kappa shape index (κ3) is 6.14. The lowest BCUT2D eigenvalue weighted by Gasteiger charge is -2.12. The summed E-state index contributed by atoms with van der Waals surface area (Å²) in [5.74, 6) is -1.50. The van der Waals surface area contributed by atoms with Crippen LogP contribution in [0.4, 0.5) is 23.2 Å². The minimum absolute atomic E-state index is 0.0737. The SMILES string of the molecule is O=C(CCc1ncc(-c2ccccc2F)o1)Nc1ccccc1C(=O)NCC(F)(F)F. The number of halogens is 4. The zero-order chi connectivity index (χ0) is 22.4. The Morgan fingerprint density at radius 1 is 1.03 bits per heavy atom. The van der Waals surface area contributed by atoms with E-state index < -0.39 is 30.4 Å². The maximum atomic E-state index is 13.8. The Morgan fingerprint density at radius 3 is 2.48 bits per heavy atom. The number of anilines is 1. The van der Waals surface area contributed by atoms with E-state index in [1.807, 2.05) is 0 Å². The lowest BCUT2D eigenvalue weighted by Crippen LogP contribution is -2.34. The number of amides is 2. The Hall–Kier alpha value is -3.69. The summed E-state index contributed by atoms with van der Waals surface area (Å²) in [6, 6.07) is 11.7. The highest BCUT2D eigenvalue weighted by Gasteiger charge is 2.28. The Labute approximate surface area is 174 Å². The molecule has 31 heavy (non-hydrogen) atoms. The molecule has 0 saturated heterocycles. The van der Waals surface area contributed by atoms with Crippen molar-refractivity contribution in [2.45, 2.75) is 19.0 Å². The number of alkyl halides is 3. The standard InChI is InChI=1S/C21H17F4N3O3/c22-15-7-3-1-5-13(15)17-11-26-19(31-17)10-9-18(29)28-16-8-4-2-6-14(16)20(30)27-12-21(23,24)25/h1-8,11H,9-10,12H2,(H,27,30)(H,28,29). The quantitative estimate of drug-likeness (QED) is 0.541. The van der Waals surface area contributed by atoms with Crippen LogP contribution in [0.25, 0.3) is 11.3 Å². The van der Waals surface area contributed by atoms with Gasteiger partial charge in [0.05, 0.1) is 23.0 Å². The van der Waals surface area contributed by atoms with Gasteiger partial charge in [0.1, 0.15) is 12.4 Å². The highest BCUT2D eigenvalue weighted by molar-refractivity contribution is 6.03. The van der Waals surface area contributed by atoms with Gasteiger partial charge in [0.25, 0.3) is 5.91 Å². The average Bonchev–Trinajstić information content (AvgIpc) is 3.19. The summed E-state index contributed by atoms with van der Waals surface area (Å²) in [5, 5.41) is 4.26. The fraction of sp³-hybridized carbons (Fsp3) is 0.190. The Balaban J connectivity index is 1.60. The molecule has 0 atom stereocenters. The molecule has 0 saturated carbocycles. The van der Waals surface area contributed by atoms with Crippen molar-refractivity contribution in [2.24, 2.45) is 0 Å². The molecule has 2 N–H and O–H groups in total. The number of benzene rings is 2. The minimum atomic E-state index is -4.55. The number of para-hydroxylation sites is 1. The van der Waals surface area contributed by atoms with Gasteiger partial charge in [-0.25, -0.2) is 9.37 Å². The highest BCUT2D eigenvalue weighted by Crippen LogP contribution is 2.24. The normalized spacial score (nSPS) is 11.2. The zero-order valence-corrected chi connectivity index (χ0v) is 16.0. The molecule has 2 amide bonds. The van der Waals surface area contributed by atoms with Crippen molar-refractivity contribution in [3.05, 3.63) is 72.0 Å². The van der Waals surface area contributed by atoms with Crippen LogP contribution in [0.5, 0.6) is 0 Å². The number of hydrogen-bond donors (Lipinski definition) is 2. The average molecular weight is 435 g/mol. The van der Waals surface area contributed by atoms with Gasteiger partial charge in [-0.2, -0.15) is 13.2 Å². The summed E-state index contributed by atoms with van der Waals surface area (Å²) in [4.78, 5) is 28.3. The van der Waals surface area contributed by atoms with E-state index in [1.54, 1.807) is 17.4 Å². The predicted molar refractivity (Wildman–Crippen MR) is 104 cm³/mol. The molecule has 0 spiro atoms. The first-order chi connectivity index (χ1) is 14.7. The molecule has 0 unspecified atom stereocenters. The smallest absolute Gasteiger partial charge is 0.405 e. The molecule has 0 fully saturated rings. The van der Waals surface area contributed by atoms with Crippen LogP contribution in [0, 0.1) is 5.82 Å². The molecule has 0 aliphatic rings. The maximum absolute atomic E-state index is 13.8. The van der Waals surface area contributed by atoms with E-state index in [4.69, 9.17) is 4.42 Å². The molecule has 3 aromatic rings. The highest BCUT2D eigenvalue weighted by atomic mass is 19.4. The van der Waals surface area contributed by atoms with Crippen LogP contribution in [0.15, 0.2) is 59.1 Å². The Kier molecular flexibility index (Phi) is 6.68. The zero-order valence-electron chi connectivity index (χ0n) is 16.0. The second-order valence-electron chi connectivity index (χ2n) is 6.49. The number of carbonyl (C=O) groups excluding carboxylic acids is 2. The molecule has 1 heterocycles. The van der Waals surface area contributed by atoms with Gasteiger partial charge in [0.15, 0.2) is 11.7 Å². The summed E-state index contributed by atoms with van der Waals surface area (Å²) in [7, 11) is 0. The van der Waals surface area contributed by atoms with Gasteiger partial charge in [0, 0.05) is 12.8 Å². The van der Waals surface area contributed by atoms with E-state index in [-0.39, 0.29) is 41.3 Å². The van der Waals surface area contributed by atoms with E-state index in [0.717, 1.165) is 0 Å². The van der Waals surface area contributed by atoms with E-state index in [2.05, 4.69) is 10.3 Å². The first kappa shape index (κ1) is 22.0. The molecule has 3 rings (SSSR count). The molecule has 0 bridgehead atoms. The number of aromatic nitrogens is 1. The first-order valence-electron chi connectivity index (χ1n) is 9.16. The van der Waals surface area contributed by atoms with Gasteiger partial charge in [-0.15, -0.1) is 0 Å².